The number of nitrogens with one attached hydrogen (secondary N) is 1. The number of hydrogen-bond donors (Lipinski definition) is 1. The fraction of sp³-hybridized carbons (Fsp3) is 0.500. The highest BCUT2D eigenvalue weighted by Crippen LogP contribution is 2.42. The van der Waals surface area contributed by atoms with E-state index in [9.17, 15) is 0 Å². The molecule has 1 aliphatic carbocycles. The molecule has 0 spiro atoms. The van der Waals surface area contributed by atoms with Gasteiger partial charge in [-0.3, -0.25) is 4.90 Å². The SMILES string of the molecule is BC1(B)OC(B)(B)C1N1CCC(c2cc3nc(Nc4cnn(C5CC5)c4Cl)ncc3cc2Cl)CC1. The van der Waals surface area contributed by atoms with Gasteiger partial charge in [0.25, 0.3) is 0 Å². The summed E-state index contributed by atoms with van der Waals surface area (Å²) in [5, 5.41) is 9.76. The van der Waals surface area contributed by atoms with Crippen LogP contribution in [0.3, 0.4) is 0 Å². The molecule has 0 radical (unpaired) electrons. The highest BCUT2D eigenvalue weighted by atomic mass is 35.5. The molecule has 6 rings (SSSR count). The average Bonchev–Trinajstić information content (AvgIpc) is 3.57. The number of anilines is 2. The van der Waals surface area contributed by atoms with Crippen molar-refractivity contribution in [2.75, 3.05) is 18.4 Å². The normalized spacial score (nSPS) is 22.8. The van der Waals surface area contributed by atoms with Crippen LogP contribution in [0.5, 0.6) is 0 Å². The van der Waals surface area contributed by atoms with E-state index in [1.54, 1.807) is 6.20 Å². The van der Waals surface area contributed by atoms with Crippen LogP contribution in [0.4, 0.5) is 11.6 Å². The fourth-order valence-corrected chi connectivity index (χ4v) is 7.09. The number of halogens is 2. The molecule has 13 heteroatoms. The summed E-state index contributed by atoms with van der Waals surface area (Å²) in [6.07, 6.45) is 7.94. The van der Waals surface area contributed by atoms with Gasteiger partial charge in [0.2, 0.25) is 5.95 Å². The van der Waals surface area contributed by atoms with Gasteiger partial charge in [-0.2, -0.15) is 5.10 Å². The second kappa shape index (κ2) is 8.44. The summed E-state index contributed by atoms with van der Waals surface area (Å²) in [6.45, 7) is 2.08. The number of fused-ring (bicyclic) bond motifs is 1. The molecule has 178 valence electrons. The zero-order chi connectivity index (χ0) is 24.5. The van der Waals surface area contributed by atoms with Crippen molar-refractivity contribution in [2.24, 2.45) is 0 Å². The van der Waals surface area contributed by atoms with Crippen LogP contribution in [0.15, 0.2) is 24.5 Å². The van der Waals surface area contributed by atoms with Crippen molar-refractivity contribution >= 4 is 77.1 Å². The Morgan fingerprint density at radius 2 is 1.71 bits per heavy atom. The van der Waals surface area contributed by atoms with Crippen molar-refractivity contribution in [1.82, 2.24) is 24.6 Å². The first-order valence-corrected chi connectivity index (χ1v) is 13.3. The number of piperidine rings is 1. The van der Waals surface area contributed by atoms with Gasteiger partial charge in [0, 0.05) is 33.4 Å². The van der Waals surface area contributed by atoms with E-state index >= 15 is 0 Å². The lowest BCUT2D eigenvalue weighted by molar-refractivity contribution is -0.171. The molecular weight excluding hydrogens is 478 g/mol. The summed E-state index contributed by atoms with van der Waals surface area (Å²) < 4.78 is 8.01. The van der Waals surface area contributed by atoms with E-state index in [1.807, 2.05) is 16.9 Å². The lowest BCUT2D eigenvalue weighted by Gasteiger charge is -2.63. The lowest BCUT2D eigenvalue weighted by Crippen LogP contribution is -2.79. The number of hydrogen-bond acceptors (Lipinski definition) is 6. The summed E-state index contributed by atoms with van der Waals surface area (Å²) in [7, 11) is 8.80. The van der Waals surface area contributed by atoms with Crippen LogP contribution in [0.2, 0.25) is 10.2 Å². The van der Waals surface area contributed by atoms with Gasteiger partial charge in [-0.15, -0.1) is 0 Å². The summed E-state index contributed by atoms with van der Waals surface area (Å²) in [5.41, 5.74) is 2.78. The van der Waals surface area contributed by atoms with Gasteiger partial charge >= 0.3 is 0 Å². The Hall–Kier alpha value is -1.67. The topological polar surface area (TPSA) is 68.1 Å². The van der Waals surface area contributed by atoms with Crippen molar-refractivity contribution in [3.8, 4) is 0 Å². The molecule has 4 heterocycles. The van der Waals surface area contributed by atoms with Crippen molar-refractivity contribution in [1.29, 1.82) is 0 Å². The largest absolute Gasteiger partial charge is 0.401 e. The Labute approximate surface area is 219 Å². The Bertz CT molecular complexity index is 1280. The Kier molecular flexibility index (Phi) is 5.72. The van der Waals surface area contributed by atoms with E-state index in [4.69, 9.17) is 32.9 Å². The highest BCUT2D eigenvalue weighted by Gasteiger charge is 2.56. The molecule has 1 N–H and O–H groups in total. The van der Waals surface area contributed by atoms with Crippen molar-refractivity contribution < 1.29 is 4.74 Å². The van der Waals surface area contributed by atoms with E-state index in [0.29, 0.717) is 29.1 Å². The van der Waals surface area contributed by atoms with E-state index in [0.717, 1.165) is 60.4 Å². The molecule has 2 saturated heterocycles. The third-order valence-electron chi connectivity index (χ3n) is 7.75. The van der Waals surface area contributed by atoms with E-state index in [2.05, 4.69) is 57.8 Å². The third kappa shape index (κ3) is 4.28. The van der Waals surface area contributed by atoms with Gasteiger partial charge in [-0.25, -0.2) is 14.6 Å². The minimum absolute atomic E-state index is 0.102. The predicted octanol–water partition coefficient (Wildman–Crippen LogP) is 0.630. The minimum atomic E-state index is -0.102. The molecule has 0 atom stereocenters. The second-order valence-corrected chi connectivity index (χ2v) is 12.1. The van der Waals surface area contributed by atoms with Crippen LogP contribution in [-0.4, -0.2) is 86.0 Å². The van der Waals surface area contributed by atoms with E-state index in [-0.39, 0.29) is 10.8 Å². The van der Waals surface area contributed by atoms with Crippen molar-refractivity contribution in [3.63, 3.8) is 0 Å². The number of ether oxygens (including phenoxy) is 1. The zero-order valence-electron chi connectivity index (χ0n) is 20.7. The van der Waals surface area contributed by atoms with Gasteiger partial charge in [-0.05, 0) is 62.4 Å². The van der Waals surface area contributed by atoms with Crippen LogP contribution >= 0.6 is 23.2 Å². The molecule has 7 nitrogen and oxygen atoms in total. The smallest absolute Gasteiger partial charge is 0.227 e. The predicted molar refractivity (Wildman–Crippen MR) is 151 cm³/mol. The molecule has 0 amide bonds. The van der Waals surface area contributed by atoms with Crippen LogP contribution in [-0.2, 0) is 4.74 Å². The quantitative estimate of drug-likeness (QED) is 0.512. The second-order valence-electron chi connectivity index (χ2n) is 11.3. The molecule has 0 unspecified atom stereocenters. The molecule has 1 aromatic carbocycles. The molecular formula is C22H28B4Cl2N6O. The highest BCUT2D eigenvalue weighted by molar-refractivity contribution is 6.48. The molecule has 0 bridgehead atoms. The number of rotatable bonds is 5. The van der Waals surface area contributed by atoms with Gasteiger partial charge in [0.05, 0.1) is 23.4 Å². The minimum Gasteiger partial charge on any atom is -0.401 e. The first kappa shape index (κ1) is 23.7. The van der Waals surface area contributed by atoms with Crippen LogP contribution in [0.25, 0.3) is 10.9 Å². The molecule has 3 fully saturated rings. The molecule has 3 aromatic rings. The summed E-state index contributed by atoms with van der Waals surface area (Å²) in [4.78, 5) is 11.9. The maximum Gasteiger partial charge on any atom is 0.227 e. The number of likely N-dealkylation sites (tertiary alicyclic amines) is 1. The number of benzene rings is 1. The molecule has 2 aromatic heterocycles. The number of nitrogens with zero attached hydrogens (tertiary/aromatic N) is 5. The molecule has 3 aliphatic rings. The Morgan fingerprint density at radius 1 is 1.00 bits per heavy atom. The third-order valence-corrected chi connectivity index (χ3v) is 8.45. The monoisotopic (exact) mass is 506 g/mol. The maximum atomic E-state index is 6.76. The van der Waals surface area contributed by atoms with Gasteiger partial charge in [0.15, 0.2) is 5.15 Å². The van der Waals surface area contributed by atoms with Crippen molar-refractivity contribution in [3.05, 3.63) is 40.3 Å². The first-order valence-electron chi connectivity index (χ1n) is 12.5. The van der Waals surface area contributed by atoms with E-state index in [1.165, 1.54) is 5.56 Å². The lowest BCUT2D eigenvalue weighted by atomic mass is 9.42. The number of aromatic nitrogens is 4. The van der Waals surface area contributed by atoms with Gasteiger partial charge in [0.1, 0.15) is 31.4 Å². The standard InChI is InChI=1S/C22H28B4Cl2N6O/c23-21(24)19(22(25,26)35-21)33-5-3-11(4-6-33)14-8-16-12(7-15(14)27)9-29-20(31-16)32-17-10-30-34(18(17)28)13-1-2-13/h7-11,13,19H,1-6,23-26H2,(H,29,31,32). The molecule has 1 saturated carbocycles. The van der Waals surface area contributed by atoms with Crippen LogP contribution in [0.1, 0.15) is 43.2 Å². The Morgan fingerprint density at radius 3 is 2.37 bits per heavy atom. The first-order chi connectivity index (χ1) is 16.6. The van der Waals surface area contributed by atoms with Gasteiger partial charge < -0.3 is 10.1 Å². The van der Waals surface area contributed by atoms with Crippen LogP contribution < -0.4 is 5.32 Å². The zero-order valence-corrected chi connectivity index (χ0v) is 22.2. The van der Waals surface area contributed by atoms with Gasteiger partial charge in [-0.1, -0.05) is 23.2 Å². The summed E-state index contributed by atoms with van der Waals surface area (Å²) >= 11 is 13.3. The molecule has 2 aliphatic heterocycles. The maximum absolute atomic E-state index is 6.76. The summed E-state index contributed by atoms with van der Waals surface area (Å²) in [5.74, 6) is 0.917. The summed E-state index contributed by atoms with van der Waals surface area (Å²) in [6, 6.07) is 4.98. The van der Waals surface area contributed by atoms with Crippen LogP contribution in [0, 0.1) is 0 Å². The fourth-order valence-electron chi connectivity index (χ4n) is 6.48. The Balaban J connectivity index is 1.20. The van der Waals surface area contributed by atoms with Crippen molar-refractivity contribution in [2.45, 2.75) is 54.5 Å². The molecule has 35 heavy (non-hydrogen) atoms. The average molecular weight is 507 g/mol. The van der Waals surface area contributed by atoms with E-state index < -0.39 is 0 Å².